The quantitative estimate of drug-likeness (QED) is 0.182. The summed E-state index contributed by atoms with van der Waals surface area (Å²) in [4.78, 5) is 42.8. The Morgan fingerprint density at radius 1 is 0.971 bits per heavy atom. The number of amides is 1. The number of nitrogens with one attached hydrogen (secondary N) is 1. The number of aryl methyl sites for hydroxylation is 2. The fourth-order valence-corrected chi connectivity index (χ4v) is 3.26. The third-order valence-electron chi connectivity index (χ3n) is 5.08. The van der Waals surface area contributed by atoms with Crippen LogP contribution in [0.4, 0.5) is 11.8 Å². The van der Waals surface area contributed by atoms with Gasteiger partial charge in [-0.05, 0) is 48.2 Å². The molecule has 1 atom stereocenters. The molecule has 3 aromatic rings. The maximum Gasteiger partial charge on any atom is 1.00 e. The van der Waals surface area contributed by atoms with Crippen molar-refractivity contribution in [3.8, 4) is 0 Å². The van der Waals surface area contributed by atoms with Crippen LogP contribution in [0.3, 0.4) is 0 Å². The molecule has 0 radical (unpaired) electrons. The summed E-state index contributed by atoms with van der Waals surface area (Å²) in [5.74, 6) is -2.83. The molecule has 0 bridgehead atoms. The summed E-state index contributed by atoms with van der Waals surface area (Å²) in [6, 6.07) is 11.0. The fourth-order valence-electron chi connectivity index (χ4n) is 3.26. The first kappa shape index (κ1) is 27.4. The van der Waals surface area contributed by atoms with Gasteiger partial charge in [-0.1, -0.05) is 24.8 Å². The van der Waals surface area contributed by atoms with Crippen LogP contribution < -0.4 is 68.2 Å². The van der Waals surface area contributed by atoms with Crippen LogP contribution in [0.2, 0.25) is 0 Å². The number of aromatic nitrogens is 2. The predicted octanol–water partition coefficient (Wildman–Crippen LogP) is -1.20. The average Bonchev–Trinajstić information content (AvgIpc) is 2.77. The van der Waals surface area contributed by atoms with Gasteiger partial charge in [0.25, 0.3) is 5.91 Å². The molecule has 0 aliphatic carbocycles. The Balaban J connectivity index is 0.00000408. The van der Waals surface area contributed by atoms with Crippen molar-refractivity contribution in [2.45, 2.75) is 25.3 Å². The first-order chi connectivity index (χ1) is 15.6. The van der Waals surface area contributed by atoms with Crippen LogP contribution in [0, 0.1) is 0 Å². The van der Waals surface area contributed by atoms with E-state index in [1.165, 1.54) is 0 Å². The molecule has 7 N–H and O–H groups in total. The van der Waals surface area contributed by atoms with E-state index in [0.29, 0.717) is 24.2 Å². The van der Waals surface area contributed by atoms with Gasteiger partial charge in [0.15, 0.2) is 0 Å². The molecule has 0 saturated carbocycles. The van der Waals surface area contributed by atoms with Crippen LogP contribution in [-0.2, 0) is 22.4 Å². The van der Waals surface area contributed by atoms with Crippen LogP contribution in [0.5, 0.6) is 0 Å². The number of hydrogen-bond donors (Lipinski definition) is 5. The summed E-state index contributed by atoms with van der Waals surface area (Å²) < 4.78 is 0. The molecule has 34 heavy (non-hydrogen) atoms. The molecule has 3 rings (SSSR count). The third-order valence-corrected chi connectivity index (χ3v) is 5.08. The number of benzene rings is 2. The number of rotatable bonds is 9. The van der Waals surface area contributed by atoms with Gasteiger partial charge in [0.1, 0.15) is 11.9 Å². The van der Waals surface area contributed by atoms with Crippen LogP contribution in [0.15, 0.2) is 54.6 Å². The number of carboxylic acid groups (broad SMARTS) is 2. The first-order valence-electron chi connectivity index (χ1n) is 9.99. The normalized spacial score (nSPS) is 11.3. The Morgan fingerprint density at radius 2 is 1.59 bits per heavy atom. The molecule has 1 unspecified atom stereocenters. The van der Waals surface area contributed by atoms with E-state index in [0.717, 1.165) is 16.5 Å². The Hall–Kier alpha value is -2.83. The number of nitrogen functional groups attached to an aromatic ring is 2. The number of carbonyl (C=O) groups is 3. The maximum absolute atomic E-state index is 12.4. The monoisotopic (exact) mass is 488 g/mol. The van der Waals surface area contributed by atoms with Crippen LogP contribution in [-0.4, -0.2) is 44.1 Å². The Kier molecular flexibility index (Phi) is 9.71. The molecule has 1 aromatic heterocycles. The van der Waals surface area contributed by atoms with Crippen LogP contribution in [0.1, 0.15) is 27.9 Å². The molecule has 10 nitrogen and oxygen atoms in total. The zero-order valence-electron chi connectivity index (χ0n) is 18.6. The topological polar surface area (TPSA) is 182 Å². The van der Waals surface area contributed by atoms with Crippen molar-refractivity contribution in [2.24, 2.45) is 0 Å². The Bertz CT molecular complexity index is 1250. The van der Waals surface area contributed by atoms with Gasteiger partial charge in [-0.2, -0.15) is 4.98 Å². The zero-order valence-corrected chi connectivity index (χ0v) is 21.7. The van der Waals surface area contributed by atoms with Crippen molar-refractivity contribution in [1.29, 1.82) is 0 Å². The largest absolute Gasteiger partial charge is 1.00 e. The SMILES string of the molecule is C=C(CC(NC(=O)c1ccc(CCc2ccc3nc(N)nc(N)c3c2)cc1)C(=O)O)C(=O)O.[K+]. The van der Waals surface area contributed by atoms with E-state index in [1.54, 1.807) is 24.3 Å². The maximum atomic E-state index is 12.4. The number of nitrogens with two attached hydrogens (primary N) is 2. The average molecular weight is 489 g/mol. The molecule has 170 valence electrons. The van der Waals surface area contributed by atoms with Crippen molar-refractivity contribution >= 4 is 40.5 Å². The fraction of sp³-hybridized carbons (Fsp3) is 0.174. The summed E-state index contributed by atoms with van der Waals surface area (Å²) in [5.41, 5.74) is 14.2. The van der Waals surface area contributed by atoms with Crippen LogP contribution >= 0.6 is 0 Å². The number of anilines is 2. The van der Waals surface area contributed by atoms with E-state index in [1.807, 2.05) is 18.2 Å². The van der Waals surface area contributed by atoms with Gasteiger partial charge >= 0.3 is 63.3 Å². The van der Waals surface area contributed by atoms with E-state index in [2.05, 4.69) is 21.9 Å². The van der Waals surface area contributed by atoms with E-state index < -0.39 is 30.3 Å². The molecular weight excluding hydrogens is 465 g/mol. The third kappa shape index (κ3) is 7.08. The zero-order chi connectivity index (χ0) is 24.1. The number of nitrogens with zero attached hydrogens (tertiary/aromatic N) is 2. The molecule has 0 spiro atoms. The summed E-state index contributed by atoms with van der Waals surface area (Å²) in [6.07, 6.45) is 1.01. The number of fused-ring (bicyclic) bond motifs is 1. The number of hydrogen-bond acceptors (Lipinski definition) is 7. The van der Waals surface area contributed by atoms with Gasteiger partial charge < -0.3 is 27.0 Å². The minimum absolute atomic E-state index is 0. The number of carboxylic acids is 2. The van der Waals surface area contributed by atoms with Gasteiger partial charge in [-0.3, -0.25) is 4.79 Å². The molecule has 2 aromatic carbocycles. The van der Waals surface area contributed by atoms with Gasteiger partial charge in [0, 0.05) is 22.9 Å². The van der Waals surface area contributed by atoms with Gasteiger partial charge in [-0.15, -0.1) is 0 Å². The van der Waals surface area contributed by atoms with E-state index in [-0.39, 0.29) is 68.5 Å². The summed E-state index contributed by atoms with van der Waals surface area (Å²) in [7, 11) is 0. The van der Waals surface area contributed by atoms with Gasteiger partial charge in [0.2, 0.25) is 5.95 Å². The van der Waals surface area contributed by atoms with Gasteiger partial charge in [0.05, 0.1) is 5.52 Å². The van der Waals surface area contributed by atoms with E-state index in [4.69, 9.17) is 16.6 Å². The smallest absolute Gasteiger partial charge is 0.480 e. The summed E-state index contributed by atoms with van der Waals surface area (Å²) >= 11 is 0. The number of aliphatic carboxylic acids is 2. The molecule has 0 aliphatic rings. The molecule has 0 saturated heterocycles. The van der Waals surface area contributed by atoms with Crippen molar-refractivity contribution in [1.82, 2.24) is 15.3 Å². The molecule has 1 heterocycles. The first-order valence-corrected chi connectivity index (χ1v) is 9.99. The number of carbonyl (C=O) groups excluding carboxylic acids is 1. The molecule has 11 heteroatoms. The van der Waals surface area contributed by atoms with E-state index >= 15 is 0 Å². The summed E-state index contributed by atoms with van der Waals surface area (Å²) in [5, 5.41) is 21.2. The minimum atomic E-state index is -1.39. The van der Waals surface area contributed by atoms with Gasteiger partial charge in [-0.25, -0.2) is 14.6 Å². The van der Waals surface area contributed by atoms with Crippen LogP contribution in [0.25, 0.3) is 10.9 Å². The van der Waals surface area contributed by atoms with Crippen molar-refractivity contribution in [3.63, 3.8) is 0 Å². The molecule has 1 amide bonds. The minimum Gasteiger partial charge on any atom is -0.480 e. The molecule has 0 aliphatic heterocycles. The standard InChI is InChI=1S/C23H23N5O5.K/c1-12(21(30)31)10-18(22(32)33)26-20(29)15-7-4-13(5-8-15)2-3-14-6-9-17-16(11-14)19(24)28-23(25)27-17;/h4-9,11,18H,1-3,10H2,(H,26,29)(H,30,31)(H,32,33)(H4,24,25,27,28);/q;+1. The Labute approximate surface area is 237 Å². The second-order valence-corrected chi connectivity index (χ2v) is 7.49. The van der Waals surface area contributed by atoms with Crippen molar-refractivity contribution < 1.29 is 76.0 Å². The second kappa shape index (κ2) is 12.0. The molecular formula is C23H23KN5O5+. The predicted molar refractivity (Wildman–Crippen MR) is 122 cm³/mol. The second-order valence-electron chi connectivity index (χ2n) is 7.49. The summed E-state index contributed by atoms with van der Waals surface area (Å²) in [6.45, 7) is 3.31. The molecule has 0 fully saturated rings. The van der Waals surface area contributed by atoms with Crippen molar-refractivity contribution in [3.05, 3.63) is 71.3 Å². The Morgan fingerprint density at radius 3 is 2.21 bits per heavy atom. The van der Waals surface area contributed by atoms with E-state index in [9.17, 15) is 19.5 Å². The van der Waals surface area contributed by atoms with Crippen molar-refractivity contribution in [2.75, 3.05) is 11.5 Å².